The number of aromatic hydroxyl groups is 1. The van der Waals surface area contributed by atoms with Crippen LogP contribution >= 0.6 is 0 Å². The molecule has 3 rings (SSSR count). The molecule has 3 N–H and O–H groups in total. The Bertz CT molecular complexity index is 734. The molecule has 0 aromatic heterocycles. The molecule has 0 fully saturated rings. The van der Waals surface area contributed by atoms with Crippen molar-refractivity contribution in [2.24, 2.45) is 0 Å². The molecule has 1 aliphatic carbocycles. The fourth-order valence-electron chi connectivity index (χ4n) is 3.22. The van der Waals surface area contributed by atoms with Crippen LogP contribution < -0.4 is 10.1 Å². The molecule has 4 nitrogen and oxygen atoms in total. The number of rotatable bonds is 4. The average molecular weight is 317 g/mol. The number of aliphatic hydroxyl groups is 1. The Labute approximate surface area is 134 Å². The van der Waals surface area contributed by atoms with Crippen LogP contribution in [0.1, 0.15) is 22.8 Å². The first-order valence-corrected chi connectivity index (χ1v) is 7.54. The number of likely N-dealkylation sites (N-methyl/N-ethyl adjacent to an activating group) is 1. The lowest BCUT2D eigenvalue weighted by Gasteiger charge is -2.31. The van der Waals surface area contributed by atoms with Gasteiger partial charge in [-0.15, -0.1) is 0 Å². The number of ether oxygens (including phenoxy) is 1. The number of hydrogen-bond acceptors (Lipinski definition) is 4. The van der Waals surface area contributed by atoms with Crippen molar-refractivity contribution in [1.82, 2.24) is 5.32 Å². The van der Waals surface area contributed by atoms with Gasteiger partial charge in [0, 0.05) is 13.0 Å². The van der Waals surface area contributed by atoms with E-state index in [0.717, 1.165) is 11.1 Å². The molecule has 0 radical (unpaired) electrons. The zero-order valence-electron chi connectivity index (χ0n) is 13.1. The fraction of sp³-hybridized carbons (Fsp3) is 0.333. The van der Waals surface area contributed by atoms with Gasteiger partial charge in [0.1, 0.15) is 22.9 Å². The fourth-order valence-corrected chi connectivity index (χ4v) is 3.22. The zero-order valence-corrected chi connectivity index (χ0v) is 13.1. The summed E-state index contributed by atoms with van der Waals surface area (Å²) in [6.45, 7) is 2.11. The summed E-state index contributed by atoms with van der Waals surface area (Å²) in [6, 6.07) is 9.31. The molecule has 0 amide bonds. The Morgan fingerprint density at radius 2 is 2.09 bits per heavy atom. The van der Waals surface area contributed by atoms with Crippen molar-refractivity contribution in [1.29, 1.82) is 0 Å². The predicted octanol–water partition coefficient (Wildman–Crippen LogP) is 2.47. The highest BCUT2D eigenvalue weighted by Crippen LogP contribution is 2.43. The van der Waals surface area contributed by atoms with Gasteiger partial charge in [0.2, 0.25) is 0 Å². The number of halogens is 1. The molecule has 23 heavy (non-hydrogen) atoms. The third-order valence-corrected chi connectivity index (χ3v) is 4.26. The van der Waals surface area contributed by atoms with Gasteiger partial charge in [-0.1, -0.05) is 6.07 Å². The normalized spacial score (nSPS) is 22.9. The van der Waals surface area contributed by atoms with E-state index in [4.69, 9.17) is 4.74 Å². The van der Waals surface area contributed by atoms with Crippen molar-refractivity contribution in [3.63, 3.8) is 0 Å². The van der Waals surface area contributed by atoms with Gasteiger partial charge in [-0.3, -0.25) is 0 Å². The second-order valence-corrected chi connectivity index (χ2v) is 6.10. The van der Waals surface area contributed by atoms with Crippen LogP contribution in [0.4, 0.5) is 4.39 Å². The van der Waals surface area contributed by atoms with Gasteiger partial charge in [0.15, 0.2) is 6.10 Å². The van der Waals surface area contributed by atoms with Gasteiger partial charge in [-0.05, 0) is 61.0 Å². The standard InChI is InChI=1S/C18H20FNO3/c1-11-7-13(19)3-6-16(11)23-17-15-5-4-14(21)8-12(15)9-18(17,22)10-20-2/h3-8,17,20-22H,9-10H2,1-2H3. The summed E-state index contributed by atoms with van der Waals surface area (Å²) in [5.41, 5.74) is 1.23. The zero-order chi connectivity index (χ0) is 16.6. The number of benzene rings is 2. The van der Waals surface area contributed by atoms with E-state index in [9.17, 15) is 14.6 Å². The smallest absolute Gasteiger partial charge is 0.154 e. The second kappa shape index (κ2) is 5.83. The molecular weight excluding hydrogens is 297 g/mol. The molecule has 2 aromatic carbocycles. The highest BCUT2D eigenvalue weighted by Gasteiger charge is 2.46. The van der Waals surface area contributed by atoms with Gasteiger partial charge in [-0.2, -0.15) is 0 Å². The van der Waals surface area contributed by atoms with Crippen molar-refractivity contribution >= 4 is 0 Å². The van der Waals surface area contributed by atoms with Crippen LogP contribution in [0.5, 0.6) is 11.5 Å². The van der Waals surface area contributed by atoms with E-state index in [1.807, 2.05) is 0 Å². The lowest BCUT2D eigenvalue weighted by atomic mass is 9.97. The summed E-state index contributed by atoms with van der Waals surface area (Å²) in [7, 11) is 1.76. The van der Waals surface area contributed by atoms with Crippen LogP contribution in [-0.2, 0) is 6.42 Å². The number of phenols is 1. The number of fused-ring (bicyclic) bond motifs is 1. The minimum Gasteiger partial charge on any atom is -0.508 e. The maximum absolute atomic E-state index is 13.3. The van der Waals surface area contributed by atoms with Gasteiger partial charge in [-0.25, -0.2) is 4.39 Å². The Kier molecular flexibility index (Phi) is 4.00. The highest BCUT2D eigenvalue weighted by molar-refractivity contribution is 5.44. The molecule has 0 saturated heterocycles. The van der Waals surface area contributed by atoms with Crippen molar-refractivity contribution in [3.05, 3.63) is 58.9 Å². The molecule has 5 heteroatoms. The lowest BCUT2D eigenvalue weighted by molar-refractivity contribution is -0.0487. The second-order valence-electron chi connectivity index (χ2n) is 6.10. The Hall–Kier alpha value is -2.11. The van der Waals surface area contributed by atoms with Gasteiger partial charge >= 0.3 is 0 Å². The number of hydrogen-bond donors (Lipinski definition) is 3. The molecule has 0 aliphatic heterocycles. The van der Waals surface area contributed by atoms with Crippen LogP contribution in [0, 0.1) is 12.7 Å². The maximum Gasteiger partial charge on any atom is 0.154 e. The molecule has 2 unspecified atom stereocenters. The largest absolute Gasteiger partial charge is 0.508 e. The summed E-state index contributed by atoms with van der Waals surface area (Å²) in [6.07, 6.45) is -0.211. The van der Waals surface area contributed by atoms with E-state index in [-0.39, 0.29) is 11.6 Å². The van der Waals surface area contributed by atoms with Gasteiger partial charge < -0.3 is 20.3 Å². The minimum absolute atomic E-state index is 0.161. The summed E-state index contributed by atoms with van der Waals surface area (Å²) >= 11 is 0. The molecule has 0 bridgehead atoms. The average Bonchev–Trinajstić information content (AvgIpc) is 2.73. The van der Waals surface area contributed by atoms with Crippen LogP contribution in [-0.4, -0.2) is 29.4 Å². The van der Waals surface area contributed by atoms with Crippen molar-refractivity contribution < 1.29 is 19.3 Å². The van der Waals surface area contributed by atoms with E-state index >= 15 is 0 Å². The van der Waals surface area contributed by atoms with Crippen LogP contribution in [0.25, 0.3) is 0 Å². The predicted molar refractivity (Wildman–Crippen MR) is 85.2 cm³/mol. The van der Waals surface area contributed by atoms with Crippen molar-refractivity contribution in [2.45, 2.75) is 25.0 Å². The Morgan fingerprint density at radius 3 is 2.78 bits per heavy atom. The third-order valence-electron chi connectivity index (χ3n) is 4.26. The first-order chi connectivity index (χ1) is 10.9. The molecule has 122 valence electrons. The van der Waals surface area contributed by atoms with Crippen molar-refractivity contribution in [3.8, 4) is 11.5 Å². The molecular formula is C18H20FNO3. The molecule has 0 spiro atoms. The quantitative estimate of drug-likeness (QED) is 0.811. The lowest BCUT2D eigenvalue weighted by Crippen LogP contribution is -2.45. The maximum atomic E-state index is 13.3. The monoisotopic (exact) mass is 317 g/mol. The summed E-state index contributed by atoms with van der Waals surface area (Å²) in [4.78, 5) is 0. The molecule has 0 saturated carbocycles. The SMILES string of the molecule is CNCC1(O)Cc2cc(O)ccc2C1Oc1ccc(F)cc1C. The molecule has 2 atom stereocenters. The van der Waals surface area contributed by atoms with E-state index in [1.165, 1.54) is 12.1 Å². The molecule has 1 aliphatic rings. The first kappa shape index (κ1) is 15.8. The number of aryl methyl sites for hydroxylation is 1. The Balaban J connectivity index is 1.99. The first-order valence-electron chi connectivity index (χ1n) is 7.54. The van der Waals surface area contributed by atoms with Gasteiger partial charge in [0.25, 0.3) is 0 Å². The van der Waals surface area contributed by atoms with E-state index in [2.05, 4.69) is 5.32 Å². The number of phenolic OH excluding ortho intramolecular Hbond substituents is 1. The number of nitrogens with one attached hydrogen (secondary N) is 1. The minimum atomic E-state index is -1.13. The van der Waals surface area contributed by atoms with Crippen LogP contribution in [0.2, 0.25) is 0 Å². The molecule has 2 aromatic rings. The molecule has 0 heterocycles. The van der Waals surface area contributed by atoms with Gasteiger partial charge in [0.05, 0.1) is 0 Å². The topological polar surface area (TPSA) is 61.7 Å². The van der Waals surface area contributed by atoms with E-state index < -0.39 is 11.7 Å². The van der Waals surface area contributed by atoms with Crippen LogP contribution in [0.3, 0.4) is 0 Å². The summed E-state index contributed by atoms with van der Waals surface area (Å²) in [5.74, 6) is 0.373. The third kappa shape index (κ3) is 2.90. The van der Waals surface area contributed by atoms with Crippen molar-refractivity contribution in [2.75, 3.05) is 13.6 Å². The summed E-state index contributed by atoms with van der Waals surface area (Å²) < 4.78 is 19.3. The highest BCUT2D eigenvalue weighted by atomic mass is 19.1. The van der Waals surface area contributed by atoms with E-state index in [0.29, 0.717) is 24.3 Å². The summed E-state index contributed by atoms with van der Waals surface area (Å²) in [5, 5.41) is 23.7. The Morgan fingerprint density at radius 1 is 1.30 bits per heavy atom. The van der Waals surface area contributed by atoms with Crippen LogP contribution in [0.15, 0.2) is 36.4 Å². The van der Waals surface area contributed by atoms with E-state index in [1.54, 1.807) is 38.2 Å².